The smallest absolute Gasteiger partial charge is 0.301 e. The second-order valence-corrected chi connectivity index (χ2v) is 7.88. The Hall–Kier alpha value is -2.90. The van der Waals surface area contributed by atoms with E-state index in [1.165, 1.54) is 4.90 Å². The highest BCUT2D eigenvalue weighted by Gasteiger charge is 2.48. The van der Waals surface area contributed by atoms with Crippen molar-refractivity contribution in [1.29, 1.82) is 0 Å². The number of carbonyl (C=O) groups is 2. The van der Waals surface area contributed by atoms with Crippen LogP contribution in [0.1, 0.15) is 22.9 Å². The summed E-state index contributed by atoms with van der Waals surface area (Å²) in [5, 5.41) is 15.3. The number of amides is 1. The van der Waals surface area contributed by atoms with Crippen LogP contribution in [0.4, 0.5) is 5.82 Å². The van der Waals surface area contributed by atoms with Crippen molar-refractivity contribution < 1.29 is 19.2 Å². The van der Waals surface area contributed by atoms with E-state index in [1.807, 2.05) is 0 Å². The lowest BCUT2D eigenvalue weighted by Gasteiger charge is -2.22. The van der Waals surface area contributed by atoms with Gasteiger partial charge in [-0.3, -0.25) is 14.5 Å². The Labute approximate surface area is 179 Å². The average molecular weight is 474 g/mol. The third-order valence-corrected chi connectivity index (χ3v) is 5.39. The summed E-state index contributed by atoms with van der Waals surface area (Å²) >= 11 is 9.30. The Morgan fingerprint density at radius 1 is 1.14 bits per heavy atom. The van der Waals surface area contributed by atoms with Crippen LogP contribution >= 0.6 is 27.5 Å². The number of aryl methyl sites for hydroxylation is 1. The number of aliphatic hydroxyl groups excluding tert-OH is 1. The van der Waals surface area contributed by atoms with Crippen molar-refractivity contribution in [3.8, 4) is 0 Å². The minimum Gasteiger partial charge on any atom is -0.507 e. The van der Waals surface area contributed by atoms with Crippen molar-refractivity contribution in [3.63, 3.8) is 0 Å². The molecule has 0 saturated carbocycles. The molecular formula is C21H14BrClN2O4. The summed E-state index contributed by atoms with van der Waals surface area (Å²) in [5.74, 6) is -1.18. The Kier molecular flexibility index (Phi) is 5.02. The van der Waals surface area contributed by atoms with Gasteiger partial charge in [-0.15, -0.1) is 0 Å². The van der Waals surface area contributed by atoms with E-state index < -0.39 is 17.7 Å². The second-order valence-electron chi connectivity index (χ2n) is 6.52. The molecule has 1 amide bonds. The van der Waals surface area contributed by atoms with Gasteiger partial charge in [0.1, 0.15) is 11.5 Å². The van der Waals surface area contributed by atoms with Gasteiger partial charge < -0.3 is 9.63 Å². The highest BCUT2D eigenvalue weighted by atomic mass is 79.9. The van der Waals surface area contributed by atoms with Crippen LogP contribution < -0.4 is 4.90 Å². The van der Waals surface area contributed by atoms with E-state index in [2.05, 4.69) is 21.1 Å². The number of carbonyl (C=O) groups excluding carboxylic acids is 2. The zero-order valence-electron chi connectivity index (χ0n) is 15.1. The minimum atomic E-state index is -0.858. The van der Waals surface area contributed by atoms with Gasteiger partial charge in [-0.2, -0.15) is 0 Å². The average Bonchev–Trinajstić information content (AvgIpc) is 3.24. The van der Waals surface area contributed by atoms with Crippen LogP contribution in [0.5, 0.6) is 0 Å². The van der Waals surface area contributed by atoms with Crippen molar-refractivity contribution in [3.05, 3.63) is 86.6 Å². The van der Waals surface area contributed by atoms with Crippen molar-refractivity contribution in [2.24, 2.45) is 0 Å². The van der Waals surface area contributed by atoms with E-state index >= 15 is 0 Å². The van der Waals surface area contributed by atoms with Gasteiger partial charge >= 0.3 is 5.91 Å². The Morgan fingerprint density at radius 2 is 1.79 bits per heavy atom. The standard InChI is InChI=1S/C21H14BrClN2O4/c1-11-10-16(24-29-11)25-18(12-2-6-14(22)7-3-12)17(20(27)21(25)28)19(26)13-4-8-15(23)9-5-13/h2-10,18,26H,1H3/b19-17+/t18-/m0/s1. The van der Waals surface area contributed by atoms with Gasteiger partial charge in [-0.25, -0.2) is 0 Å². The summed E-state index contributed by atoms with van der Waals surface area (Å²) in [7, 11) is 0. The third-order valence-electron chi connectivity index (χ3n) is 4.61. The predicted octanol–water partition coefficient (Wildman–Crippen LogP) is 5.03. The van der Waals surface area contributed by atoms with Crippen molar-refractivity contribution in [2.75, 3.05) is 4.90 Å². The van der Waals surface area contributed by atoms with Gasteiger partial charge in [0, 0.05) is 21.1 Å². The third kappa shape index (κ3) is 3.47. The lowest BCUT2D eigenvalue weighted by Crippen LogP contribution is -2.29. The van der Waals surface area contributed by atoms with Gasteiger partial charge in [0.15, 0.2) is 5.82 Å². The first-order valence-electron chi connectivity index (χ1n) is 8.62. The molecule has 0 bridgehead atoms. The number of ketones is 1. The first kappa shape index (κ1) is 19.4. The summed E-state index contributed by atoms with van der Waals surface area (Å²) in [5.41, 5.74) is 0.995. The van der Waals surface area contributed by atoms with Crippen molar-refractivity contribution in [1.82, 2.24) is 5.16 Å². The van der Waals surface area contributed by atoms with Gasteiger partial charge in [0.25, 0.3) is 5.78 Å². The fourth-order valence-electron chi connectivity index (χ4n) is 3.26. The molecule has 2 heterocycles. The molecule has 146 valence electrons. The zero-order chi connectivity index (χ0) is 20.7. The highest BCUT2D eigenvalue weighted by Crippen LogP contribution is 2.42. The lowest BCUT2D eigenvalue weighted by atomic mass is 9.95. The Bertz CT molecular complexity index is 1140. The van der Waals surface area contributed by atoms with Crippen molar-refractivity contribution >= 4 is 50.8 Å². The molecular weight excluding hydrogens is 460 g/mol. The lowest BCUT2D eigenvalue weighted by molar-refractivity contribution is -0.132. The summed E-state index contributed by atoms with van der Waals surface area (Å²) < 4.78 is 5.94. The number of Topliss-reactive ketones (excluding diaryl/α,β-unsaturated/α-hetero) is 1. The van der Waals surface area contributed by atoms with E-state index in [0.29, 0.717) is 21.9 Å². The molecule has 1 saturated heterocycles. The summed E-state index contributed by atoms with van der Waals surface area (Å²) in [6.07, 6.45) is 0. The number of hydrogen-bond donors (Lipinski definition) is 1. The molecule has 29 heavy (non-hydrogen) atoms. The molecule has 0 radical (unpaired) electrons. The Morgan fingerprint density at radius 3 is 2.38 bits per heavy atom. The maximum Gasteiger partial charge on any atom is 0.301 e. The van der Waals surface area contributed by atoms with Crippen LogP contribution in [0.25, 0.3) is 5.76 Å². The first-order chi connectivity index (χ1) is 13.9. The number of hydrogen-bond acceptors (Lipinski definition) is 5. The minimum absolute atomic E-state index is 0.0275. The fraction of sp³-hybridized carbons (Fsp3) is 0.0952. The van der Waals surface area contributed by atoms with E-state index in [9.17, 15) is 14.7 Å². The highest BCUT2D eigenvalue weighted by molar-refractivity contribution is 9.10. The molecule has 8 heteroatoms. The predicted molar refractivity (Wildman–Crippen MR) is 112 cm³/mol. The quantitative estimate of drug-likeness (QED) is 0.328. The Balaban J connectivity index is 1.93. The van der Waals surface area contributed by atoms with Crippen molar-refractivity contribution in [2.45, 2.75) is 13.0 Å². The number of aliphatic hydroxyl groups is 1. The van der Waals surface area contributed by atoms with E-state index in [1.54, 1.807) is 61.5 Å². The number of rotatable bonds is 3. The molecule has 4 rings (SSSR count). The molecule has 1 aliphatic rings. The van der Waals surface area contributed by atoms with Gasteiger partial charge in [-0.1, -0.05) is 44.8 Å². The number of aromatic nitrogens is 1. The van der Waals surface area contributed by atoms with Crippen LogP contribution in [0, 0.1) is 6.92 Å². The van der Waals surface area contributed by atoms with Gasteiger partial charge in [0.2, 0.25) is 0 Å². The topological polar surface area (TPSA) is 83.6 Å². The SMILES string of the molecule is Cc1cc(N2C(=O)C(=O)/C(=C(/O)c3ccc(Cl)cc3)[C@@H]2c2ccc(Br)cc2)no1. The van der Waals surface area contributed by atoms with Gasteiger partial charge in [0.05, 0.1) is 11.6 Å². The molecule has 1 N–H and O–H groups in total. The molecule has 2 aromatic carbocycles. The number of nitrogens with zero attached hydrogens (tertiary/aromatic N) is 2. The molecule has 1 aliphatic heterocycles. The normalized spacial score (nSPS) is 18.4. The van der Waals surface area contributed by atoms with E-state index in [4.69, 9.17) is 16.1 Å². The number of halogens is 2. The maximum atomic E-state index is 12.9. The zero-order valence-corrected chi connectivity index (χ0v) is 17.4. The summed E-state index contributed by atoms with van der Waals surface area (Å²) in [6.45, 7) is 1.69. The molecule has 3 aromatic rings. The van der Waals surface area contributed by atoms with E-state index in [-0.39, 0.29) is 17.2 Å². The van der Waals surface area contributed by atoms with Crippen LogP contribution in [0.2, 0.25) is 5.02 Å². The molecule has 0 unspecified atom stereocenters. The molecule has 1 aromatic heterocycles. The van der Waals surface area contributed by atoms with E-state index in [0.717, 1.165) is 4.47 Å². The molecule has 1 fully saturated rings. The summed E-state index contributed by atoms with van der Waals surface area (Å²) in [6, 6.07) is 14.2. The molecule has 0 spiro atoms. The molecule has 6 nitrogen and oxygen atoms in total. The van der Waals surface area contributed by atoms with Gasteiger partial charge in [-0.05, 0) is 48.9 Å². The maximum absolute atomic E-state index is 12.9. The second kappa shape index (κ2) is 7.50. The largest absolute Gasteiger partial charge is 0.507 e. The van der Waals surface area contributed by atoms with Crippen LogP contribution in [0.15, 0.2) is 69.2 Å². The van der Waals surface area contributed by atoms with Crippen LogP contribution in [0.3, 0.4) is 0 Å². The van der Waals surface area contributed by atoms with Crippen LogP contribution in [-0.4, -0.2) is 22.0 Å². The number of anilines is 1. The fourth-order valence-corrected chi connectivity index (χ4v) is 3.65. The summed E-state index contributed by atoms with van der Waals surface area (Å²) in [4.78, 5) is 27.1. The molecule has 0 aliphatic carbocycles. The molecule has 1 atom stereocenters. The number of benzene rings is 2. The van der Waals surface area contributed by atoms with Crippen LogP contribution in [-0.2, 0) is 9.59 Å². The first-order valence-corrected chi connectivity index (χ1v) is 9.79. The monoisotopic (exact) mass is 472 g/mol.